The third kappa shape index (κ3) is 1.86. The van der Waals surface area contributed by atoms with Crippen molar-refractivity contribution >= 4 is 24.7 Å². The Labute approximate surface area is 59.1 Å². The molecule has 0 spiro atoms. The average molecular weight is 164 g/mol. The maximum atomic E-state index is 10.6. The Kier molecular flexibility index (Phi) is 2.40. The average Bonchev–Trinajstić information content (AvgIpc) is 2.14. The Bertz CT molecular complexity index is 128. The number of nitrogens with one attached hydrogen (secondary N) is 1. The van der Waals surface area contributed by atoms with Gasteiger partial charge in [-0.05, 0) is 0 Å². The summed E-state index contributed by atoms with van der Waals surface area (Å²) in [7, 11) is 5.04. The fourth-order valence-electron chi connectivity index (χ4n) is 0.801. The van der Waals surface area contributed by atoms with E-state index in [0.29, 0.717) is 12.5 Å². The molecule has 9 heavy (non-hydrogen) atoms. The molecule has 1 aliphatic rings. The number of rotatable bonds is 1. The van der Waals surface area contributed by atoms with E-state index in [2.05, 4.69) is 24.1 Å². The molecule has 0 radical (unpaired) electrons. The lowest BCUT2D eigenvalue weighted by molar-refractivity contribution is -0.119. The second-order valence-electron chi connectivity index (χ2n) is 2.11. The first-order chi connectivity index (χ1) is 4.20. The second kappa shape index (κ2) is 2.92. The van der Waals surface area contributed by atoms with Crippen molar-refractivity contribution in [2.45, 2.75) is 12.5 Å². The number of hydrogen-bond acceptors (Lipinski definition) is 2. The van der Waals surface area contributed by atoms with Crippen molar-refractivity contribution in [3.8, 4) is 0 Å². The number of hydrogen-bond donors (Lipinski definition) is 1. The van der Waals surface area contributed by atoms with Crippen LogP contribution in [0.25, 0.3) is 0 Å². The fourth-order valence-corrected chi connectivity index (χ4v) is 1.22. The predicted molar refractivity (Wildman–Crippen MR) is 42.7 cm³/mol. The van der Waals surface area contributed by atoms with Gasteiger partial charge in [-0.1, -0.05) is 18.8 Å². The van der Waals surface area contributed by atoms with Crippen LogP contribution in [0.15, 0.2) is 0 Å². The number of carbonyl (C=O) groups is 1. The molecule has 1 N–H and O–H groups in total. The first-order valence-corrected chi connectivity index (χ1v) is 3.79. The van der Waals surface area contributed by atoms with Crippen molar-refractivity contribution in [3.63, 3.8) is 0 Å². The van der Waals surface area contributed by atoms with Crippen molar-refractivity contribution in [1.82, 2.24) is 9.76 Å². The van der Waals surface area contributed by atoms with E-state index in [1.54, 1.807) is 0 Å². The maximum Gasteiger partial charge on any atom is 0.221 e. The number of carbonyl (C=O) groups excluding carboxylic acids is 1. The van der Waals surface area contributed by atoms with Crippen LogP contribution in [0.4, 0.5) is 0 Å². The molecule has 3 atom stereocenters. The predicted octanol–water partition coefficient (Wildman–Crippen LogP) is -0.243. The molecule has 0 aromatic heterocycles. The van der Waals surface area contributed by atoms with Crippen LogP contribution in [0, 0.1) is 0 Å². The van der Waals surface area contributed by atoms with Crippen molar-refractivity contribution in [1.29, 1.82) is 0 Å². The Morgan fingerprint density at radius 2 is 2.33 bits per heavy atom. The van der Waals surface area contributed by atoms with Crippen LogP contribution in [-0.2, 0) is 4.79 Å². The van der Waals surface area contributed by atoms with Crippen molar-refractivity contribution in [2.75, 3.05) is 6.54 Å². The Balaban J connectivity index is 2.39. The van der Waals surface area contributed by atoms with Crippen LogP contribution in [0.3, 0.4) is 0 Å². The van der Waals surface area contributed by atoms with Crippen molar-refractivity contribution in [2.24, 2.45) is 0 Å². The van der Waals surface area contributed by atoms with Gasteiger partial charge in [0.25, 0.3) is 0 Å². The van der Waals surface area contributed by atoms with Crippen LogP contribution in [0.5, 0.6) is 0 Å². The molecular formula is C4H10N2OP2. The van der Waals surface area contributed by atoms with E-state index in [0.717, 1.165) is 6.54 Å². The molecule has 0 saturated carbocycles. The van der Waals surface area contributed by atoms with Gasteiger partial charge in [-0.15, -0.1) is 0 Å². The number of nitrogens with zero attached hydrogens (tertiary/aromatic N) is 1. The van der Waals surface area contributed by atoms with Gasteiger partial charge in [0, 0.05) is 19.0 Å². The van der Waals surface area contributed by atoms with Crippen LogP contribution in [-0.4, -0.2) is 22.9 Å². The van der Waals surface area contributed by atoms with Gasteiger partial charge < -0.3 is 5.32 Å². The van der Waals surface area contributed by atoms with Crippen molar-refractivity contribution in [3.05, 3.63) is 0 Å². The molecule has 52 valence electrons. The van der Waals surface area contributed by atoms with E-state index >= 15 is 0 Å². The summed E-state index contributed by atoms with van der Waals surface area (Å²) in [5, 5.41) is 2.74. The van der Waals surface area contributed by atoms with Crippen molar-refractivity contribution < 1.29 is 4.79 Å². The zero-order valence-corrected chi connectivity index (χ0v) is 7.31. The molecular weight excluding hydrogens is 154 g/mol. The van der Waals surface area contributed by atoms with Crippen LogP contribution >= 0.6 is 18.8 Å². The molecule has 3 nitrogen and oxygen atoms in total. The summed E-state index contributed by atoms with van der Waals surface area (Å²) in [4.78, 5) is 10.6. The summed E-state index contributed by atoms with van der Waals surface area (Å²) in [5.74, 6) is 0.148. The topological polar surface area (TPSA) is 32.3 Å². The van der Waals surface area contributed by atoms with E-state index < -0.39 is 0 Å². The second-order valence-corrected chi connectivity index (χ2v) is 3.90. The van der Waals surface area contributed by atoms with E-state index in [9.17, 15) is 4.79 Å². The highest BCUT2D eigenvalue weighted by Gasteiger charge is 2.22. The molecule has 0 bridgehead atoms. The molecule has 0 aromatic carbocycles. The zero-order valence-electron chi connectivity index (χ0n) is 5.00. The monoisotopic (exact) mass is 164 g/mol. The highest BCUT2D eigenvalue weighted by molar-refractivity contribution is 7.30. The highest BCUT2D eigenvalue weighted by atomic mass is 31.1. The minimum absolute atomic E-state index is 0.148. The molecule has 0 aliphatic carbocycles. The van der Waals surface area contributed by atoms with Crippen LogP contribution < -0.4 is 5.32 Å². The minimum atomic E-state index is 0.148. The quantitative estimate of drug-likeness (QED) is 0.542. The standard InChI is InChI=1S/C4H10N2OP2/c7-4-1-3(2-5-4)6(8)9/h3H,1-2,8-9H2,(H,5,7). The molecule has 1 rings (SSSR count). The van der Waals surface area contributed by atoms with E-state index in [1.165, 1.54) is 0 Å². The van der Waals surface area contributed by atoms with Gasteiger partial charge in [0.1, 0.15) is 0 Å². The molecule has 1 heterocycles. The van der Waals surface area contributed by atoms with Gasteiger partial charge in [0.15, 0.2) is 0 Å². The zero-order chi connectivity index (χ0) is 6.85. The van der Waals surface area contributed by atoms with E-state index in [4.69, 9.17) is 0 Å². The van der Waals surface area contributed by atoms with E-state index in [1.807, 2.05) is 4.44 Å². The summed E-state index contributed by atoms with van der Waals surface area (Å²) in [6.07, 6.45) is 0.618. The Hall–Kier alpha value is 0.290. The fraction of sp³-hybridized carbons (Fsp3) is 0.750. The van der Waals surface area contributed by atoms with Gasteiger partial charge in [-0.3, -0.25) is 9.24 Å². The smallest absolute Gasteiger partial charge is 0.221 e. The first kappa shape index (κ1) is 7.40. The molecule has 5 heteroatoms. The summed E-state index contributed by atoms with van der Waals surface area (Å²) in [5.41, 5.74) is 0. The molecule has 1 aliphatic heterocycles. The summed E-state index contributed by atoms with van der Waals surface area (Å²) in [6, 6.07) is 0.340. The van der Waals surface area contributed by atoms with Gasteiger partial charge in [-0.25, -0.2) is 0 Å². The summed E-state index contributed by atoms with van der Waals surface area (Å²) in [6.45, 7) is 0.770. The lowest BCUT2D eigenvalue weighted by Gasteiger charge is -2.14. The lowest BCUT2D eigenvalue weighted by Crippen LogP contribution is -2.21. The largest absolute Gasteiger partial charge is 0.354 e. The molecule has 0 aromatic rings. The SMILES string of the molecule is O=C1CC(N(P)P)CN1. The van der Waals surface area contributed by atoms with Crippen LogP contribution in [0.1, 0.15) is 6.42 Å². The van der Waals surface area contributed by atoms with Gasteiger partial charge in [-0.2, -0.15) is 0 Å². The normalized spacial score (nSPS) is 27.0. The Morgan fingerprint density at radius 1 is 1.67 bits per heavy atom. The van der Waals surface area contributed by atoms with Gasteiger partial charge in [0.2, 0.25) is 5.91 Å². The van der Waals surface area contributed by atoms with Gasteiger partial charge >= 0.3 is 0 Å². The third-order valence-electron chi connectivity index (χ3n) is 1.38. The Morgan fingerprint density at radius 3 is 2.56 bits per heavy atom. The number of amides is 1. The molecule has 1 amide bonds. The van der Waals surface area contributed by atoms with E-state index in [-0.39, 0.29) is 5.91 Å². The highest BCUT2D eigenvalue weighted by Crippen LogP contribution is 2.17. The summed E-state index contributed by atoms with van der Waals surface area (Å²) < 4.78 is 1.90. The molecule has 1 saturated heterocycles. The third-order valence-corrected chi connectivity index (χ3v) is 2.22. The minimum Gasteiger partial charge on any atom is -0.354 e. The lowest BCUT2D eigenvalue weighted by atomic mass is 10.3. The molecule has 1 fully saturated rings. The van der Waals surface area contributed by atoms with Crippen LogP contribution in [0.2, 0.25) is 0 Å². The summed E-state index contributed by atoms with van der Waals surface area (Å²) >= 11 is 0. The molecule has 3 unspecified atom stereocenters. The maximum absolute atomic E-state index is 10.6. The van der Waals surface area contributed by atoms with Gasteiger partial charge in [0.05, 0.1) is 0 Å². The first-order valence-electron chi connectivity index (χ1n) is 2.75.